The second kappa shape index (κ2) is 8.68. The molecular weight excluding hydrogens is 402 g/mol. The largest absolute Gasteiger partial charge is 0.336 e. The van der Waals surface area contributed by atoms with Gasteiger partial charge in [-0.3, -0.25) is 0 Å². The summed E-state index contributed by atoms with van der Waals surface area (Å²) in [5.41, 5.74) is 6.85. The van der Waals surface area contributed by atoms with Crippen molar-refractivity contribution in [3.8, 4) is 23.6 Å². The number of para-hydroxylation sites is 1. The van der Waals surface area contributed by atoms with Gasteiger partial charge in [0.1, 0.15) is 0 Å². The number of fused-ring (bicyclic) bond motifs is 5. The van der Waals surface area contributed by atoms with Gasteiger partial charge < -0.3 is 4.57 Å². The van der Waals surface area contributed by atoms with Crippen LogP contribution in [0.4, 0.5) is 0 Å². The van der Waals surface area contributed by atoms with Gasteiger partial charge in [0.2, 0.25) is 0 Å². The van der Waals surface area contributed by atoms with E-state index in [0.29, 0.717) is 4.58 Å². The Labute approximate surface area is 186 Å². The van der Waals surface area contributed by atoms with Gasteiger partial charge in [0.25, 0.3) is 0 Å². The molecule has 0 saturated heterocycles. The van der Waals surface area contributed by atoms with Gasteiger partial charge in [-0.25, -0.2) is 0 Å². The van der Waals surface area contributed by atoms with Crippen LogP contribution in [0.5, 0.6) is 0 Å². The van der Waals surface area contributed by atoms with Crippen LogP contribution in [0, 0.1) is 12.3 Å². The van der Waals surface area contributed by atoms with Crippen LogP contribution in [0.15, 0.2) is 83.8 Å². The molecule has 3 heteroatoms. The van der Waals surface area contributed by atoms with Gasteiger partial charge >= 0.3 is 0 Å². The first-order chi connectivity index (χ1) is 14.9. The standard InChI is InChI=1S/C27H23NS2/c1-2-3-11-18-29-27-25-21-14-7-9-16-23(21)28(19-20-12-5-4-6-13-20)26(25)22-15-8-10-17-24(22)30-27/h1,4-10,12-17,27H,3,11,18-19H2. The number of hydrogen-bond donors (Lipinski definition) is 0. The molecule has 1 atom stereocenters. The number of benzene rings is 3. The monoisotopic (exact) mass is 425 g/mol. The maximum absolute atomic E-state index is 5.47. The highest BCUT2D eigenvalue weighted by molar-refractivity contribution is 8.16. The fourth-order valence-electron chi connectivity index (χ4n) is 4.21. The first-order valence-corrected chi connectivity index (χ1v) is 12.3. The average molecular weight is 426 g/mol. The van der Waals surface area contributed by atoms with Crippen LogP contribution < -0.4 is 0 Å². The first-order valence-electron chi connectivity index (χ1n) is 10.3. The molecule has 0 fully saturated rings. The molecule has 0 N–H and O–H groups in total. The molecule has 3 aromatic carbocycles. The third-order valence-corrected chi connectivity index (χ3v) is 8.36. The predicted molar refractivity (Wildman–Crippen MR) is 132 cm³/mol. The zero-order chi connectivity index (χ0) is 20.3. The minimum absolute atomic E-state index is 0.384. The lowest BCUT2D eigenvalue weighted by Gasteiger charge is -2.26. The Morgan fingerprint density at radius 2 is 1.70 bits per heavy atom. The summed E-state index contributed by atoms with van der Waals surface area (Å²) in [6.07, 6.45) is 7.39. The third kappa shape index (κ3) is 3.55. The summed E-state index contributed by atoms with van der Waals surface area (Å²) in [5, 5.41) is 1.37. The minimum Gasteiger partial charge on any atom is -0.336 e. The van der Waals surface area contributed by atoms with Gasteiger partial charge in [0.15, 0.2) is 0 Å². The summed E-state index contributed by atoms with van der Waals surface area (Å²) in [4.78, 5) is 1.37. The van der Waals surface area contributed by atoms with Crippen LogP contribution in [0.1, 0.15) is 28.6 Å². The predicted octanol–water partition coefficient (Wildman–Crippen LogP) is 7.61. The van der Waals surface area contributed by atoms with E-state index >= 15 is 0 Å². The van der Waals surface area contributed by atoms with E-state index in [9.17, 15) is 0 Å². The lowest BCUT2D eigenvalue weighted by Crippen LogP contribution is -2.07. The molecule has 1 unspecified atom stereocenters. The van der Waals surface area contributed by atoms with Gasteiger partial charge in [-0.2, -0.15) is 0 Å². The summed E-state index contributed by atoms with van der Waals surface area (Å²) in [6.45, 7) is 0.879. The fourth-order valence-corrected chi connectivity index (χ4v) is 7.05. The lowest BCUT2D eigenvalue weighted by molar-refractivity contribution is 0.839. The number of hydrogen-bond acceptors (Lipinski definition) is 2. The van der Waals surface area contributed by atoms with Crippen molar-refractivity contribution in [3.05, 3.63) is 90.0 Å². The summed E-state index contributed by atoms with van der Waals surface area (Å²) < 4.78 is 2.91. The van der Waals surface area contributed by atoms with Crippen molar-refractivity contribution in [2.45, 2.75) is 28.9 Å². The Morgan fingerprint density at radius 3 is 2.57 bits per heavy atom. The molecular formula is C27H23NS2. The van der Waals surface area contributed by atoms with Gasteiger partial charge in [-0.05, 0) is 29.9 Å². The van der Waals surface area contributed by atoms with Crippen molar-refractivity contribution in [1.82, 2.24) is 4.57 Å². The van der Waals surface area contributed by atoms with Crippen molar-refractivity contribution < 1.29 is 0 Å². The van der Waals surface area contributed by atoms with Crippen LogP contribution in [0.2, 0.25) is 0 Å². The number of terminal acetylenes is 1. The fraction of sp³-hybridized carbons (Fsp3) is 0.185. The molecule has 0 radical (unpaired) electrons. The van der Waals surface area contributed by atoms with Crippen molar-refractivity contribution in [3.63, 3.8) is 0 Å². The topological polar surface area (TPSA) is 4.93 Å². The van der Waals surface area contributed by atoms with Crippen LogP contribution >= 0.6 is 23.5 Å². The average Bonchev–Trinajstić information content (AvgIpc) is 3.12. The van der Waals surface area contributed by atoms with E-state index in [1.54, 1.807) is 0 Å². The Hall–Kier alpha value is -2.54. The van der Waals surface area contributed by atoms with E-state index in [-0.39, 0.29) is 0 Å². The lowest BCUT2D eigenvalue weighted by atomic mass is 10.1. The van der Waals surface area contributed by atoms with Gasteiger partial charge in [-0.15, -0.1) is 35.9 Å². The molecule has 30 heavy (non-hydrogen) atoms. The highest BCUT2D eigenvalue weighted by Gasteiger charge is 2.31. The molecule has 1 aromatic heterocycles. The molecule has 4 aromatic rings. The second-order valence-corrected chi connectivity index (χ2v) is 10.1. The smallest absolute Gasteiger partial charge is 0.0825 e. The highest BCUT2D eigenvalue weighted by Crippen LogP contribution is 2.56. The molecule has 148 valence electrons. The Kier molecular flexibility index (Phi) is 5.62. The molecule has 0 saturated carbocycles. The summed E-state index contributed by atoms with van der Waals surface area (Å²) >= 11 is 4.02. The molecule has 0 aliphatic carbocycles. The van der Waals surface area contributed by atoms with Gasteiger partial charge in [-0.1, -0.05) is 66.7 Å². The van der Waals surface area contributed by atoms with Crippen molar-refractivity contribution in [1.29, 1.82) is 0 Å². The van der Waals surface area contributed by atoms with E-state index in [1.165, 1.54) is 38.2 Å². The van der Waals surface area contributed by atoms with Gasteiger partial charge in [0, 0.05) is 39.9 Å². The van der Waals surface area contributed by atoms with E-state index in [4.69, 9.17) is 6.42 Å². The molecule has 1 aliphatic heterocycles. The molecule has 0 bridgehead atoms. The summed E-state index contributed by atoms with van der Waals surface area (Å²) in [7, 11) is 0. The normalized spacial score (nSPS) is 14.8. The van der Waals surface area contributed by atoms with Crippen molar-refractivity contribution in [2.24, 2.45) is 0 Å². The third-order valence-electron chi connectivity index (χ3n) is 5.54. The number of aromatic nitrogens is 1. The van der Waals surface area contributed by atoms with Crippen LogP contribution in [-0.4, -0.2) is 10.3 Å². The Morgan fingerprint density at radius 1 is 0.933 bits per heavy atom. The Balaban J connectivity index is 1.68. The van der Waals surface area contributed by atoms with E-state index in [2.05, 4.69) is 89.4 Å². The Bertz CT molecular complexity index is 1220. The minimum atomic E-state index is 0.384. The van der Waals surface area contributed by atoms with Crippen LogP contribution in [0.3, 0.4) is 0 Å². The second-order valence-electron chi connectivity index (χ2n) is 7.48. The number of nitrogens with zero attached hydrogens (tertiary/aromatic N) is 1. The quantitative estimate of drug-likeness (QED) is 0.231. The number of thioether (sulfide) groups is 2. The van der Waals surface area contributed by atoms with Crippen LogP contribution in [0.25, 0.3) is 22.2 Å². The maximum Gasteiger partial charge on any atom is 0.0825 e. The maximum atomic E-state index is 5.47. The molecule has 0 amide bonds. The number of unbranched alkanes of at least 4 members (excludes halogenated alkanes) is 1. The van der Waals surface area contributed by atoms with Gasteiger partial charge in [0.05, 0.1) is 10.3 Å². The molecule has 5 rings (SSSR count). The SMILES string of the molecule is C#CCCCSC1Sc2ccccc2-c2c1c1ccccc1n2Cc1ccccc1. The number of rotatable bonds is 6. The molecule has 1 nitrogen and oxygen atoms in total. The zero-order valence-electron chi connectivity index (χ0n) is 16.8. The molecule has 0 spiro atoms. The summed E-state index contributed by atoms with van der Waals surface area (Å²) in [5.74, 6) is 3.86. The van der Waals surface area contributed by atoms with E-state index in [0.717, 1.165) is 25.1 Å². The van der Waals surface area contributed by atoms with E-state index < -0.39 is 0 Å². The van der Waals surface area contributed by atoms with E-state index in [1.807, 2.05) is 23.5 Å². The molecule has 1 aliphatic rings. The summed E-state index contributed by atoms with van der Waals surface area (Å²) in [6, 6.07) is 28.5. The first kappa shape index (κ1) is 19.4. The highest BCUT2D eigenvalue weighted by atomic mass is 32.2. The zero-order valence-corrected chi connectivity index (χ0v) is 18.4. The molecule has 2 heterocycles. The van der Waals surface area contributed by atoms with Crippen LogP contribution in [-0.2, 0) is 6.54 Å². The van der Waals surface area contributed by atoms with Crippen molar-refractivity contribution >= 4 is 34.4 Å². The van der Waals surface area contributed by atoms with Crippen molar-refractivity contribution in [2.75, 3.05) is 5.75 Å².